The molecule has 1 heterocycles. The van der Waals surface area contributed by atoms with Gasteiger partial charge in [0, 0.05) is 65.2 Å². The maximum absolute atomic E-state index is 11.4. The Morgan fingerprint density at radius 3 is 2.32 bits per heavy atom. The van der Waals surface area contributed by atoms with Crippen molar-refractivity contribution >= 4 is 35.8 Å². The summed E-state index contributed by atoms with van der Waals surface area (Å²) in [6.45, 7) is 7.97. The molecule has 0 bridgehead atoms. The van der Waals surface area contributed by atoms with Gasteiger partial charge in [0.15, 0.2) is 5.96 Å². The van der Waals surface area contributed by atoms with E-state index in [1.165, 1.54) is 24.8 Å². The van der Waals surface area contributed by atoms with E-state index in [-0.39, 0.29) is 35.3 Å². The summed E-state index contributed by atoms with van der Waals surface area (Å²) < 4.78 is 0. The van der Waals surface area contributed by atoms with E-state index in [4.69, 9.17) is 0 Å². The Morgan fingerprint density at radius 2 is 1.79 bits per heavy atom. The lowest BCUT2D eigenvalue weighted by Crippen LogP contribution is -2.52. The first-order valence-corrected chi connectivity index (χ1v) is 10.1. The number of carbonyl (C=O) groups excluding carboxylic acids is 1. The van der Waals surface area contributed by atoms with Crippen molar-refractivity contribution in [3.05, 3.63) is 35.9 Å². The number of aliphatic imine (C=N–C) groups is 1. The van der Waals surface area contributed by atoms with Crippen LogP contribution in [0.25, 0.3) is 0 Å². The highest BCUT2D eigenvalue weighted by molar-refractivity contribution is 14.0. The van der Waals surface area contributed by atoms with Crippen LogP contribution in [-0.4, -0.2) is 74.5 Å². The number of benzene rings is 1. The van der Waals surface area contributed by atoms with Crippen LogP contribution in [0.5, 0.6) is 0 Å². The minimum Gasteiger partial charge on any atom is -0.356 e. The summed E-state index contributed by atoms with van der Waals surface area (Å²) in [5, 5.41) is 6.98. The Kier molecular flexibility index (Phi) is 9.01. The van der Waals surface area contributed by atoms with Crippen LogP contribution < -0.4 is 10.6 Å². The average Bonchev–Trinajstić information content (AvgIpc) is 2.67. The lowest BCUT2D eigenvalue weighted by molar-refractivity contribution is -0.130. The van der Waals surface area contributed by atoms with Crippen molar-refractivity contribution in [1.82, 2.24) is 20.4 Å². The van der Waals surface area contributed by atoms with Crippen molar-refractivity contribution in [3.8, 4) is 0 Å². The summed E-state index contributed by atoms with van der Waals surface area (Å²) in [5.41, 5.74) is 1.68. The molecule has 1 aromatic carbocycles. The molecule has 7 heteroatoms. The molecule has 0 spiro atoms. The van der Waals surface area contributed by atoms with Crippen LogP contribution in [0.4, 0.5) is 0 Å². The van der Waals surface area contributed by atoms with Gasteiger partial charge in [-0.15, -0.1) is 24.0 Å². The third-order valence-corrected chi connectivity index (χ3v) is 6.05. The van der Waals surface area contributed by atoms with E-state index >= 15 is 0 Å². The normalized spacial score (nSPS) is 19.4. The van der Waals surface area contributed by atoms with Crippen molar-refractivity contribution in [1.29, 1.82) is 0 Å². The van der Waals surface area contributed by atoms with Gasteiger partial charge in [0.1, 0.15) is 0 Å². The van der Waals surface area contributed by atoms with Crippen LogP contribution in [0, 0.1) is 0 Å². The Bertz CT molecular complexity index is 639. The van der Waals surface area contributed by atoms with Crippen LogP contribution in [0.3, 0.4) is 0 Å². The SMILES string of the molecule is CN=C(NCCN1CCN(C(C)=O)CC1)NCC1(c2ccccc2)CCC1.I. The zero-order chi connectivity index (χ0) is 19.1. The van der Waals surface area contributed by atoms with Crippen molar-refractivity contribution in [2.45, 2.75) is 31.6 Å². The molecular weight excluding hydrogens is 465 g/mol. The number of guanidine groups is 1. The minimum atomic E-state index is 0. The summed E-state index contributed by atoms with van der Waals surface area (Å²) in [5.74, 6) is 1.06. The fraction of sp³-hybridized carbons (Fsp3) is 0.619. The number of amides is 1. The van der Waals surface area contributed by atoms with Gasteiger partial charge in [-0.25, -0.2) is 0 Å². The Labute approximate surface area is 186 Å². The number of piperazine rings is 1. The molecule has 1 aliphatic carbocycles. The third-order valence-electron chi connectivity index (χ3n) is 6.05. The van der Waals surface area contributed by atoms with Crippen LogP contribution in [0.2, 0.25) is 0 Å². The van der Waals surface area contributed by atoms with Gasteiger partial charge in [-0.3, -0.25) is 14.7 Å². The standard InChI is InChI=1S/C21H33N5O.HI/c1-18(27)26-15-13-25(14-16-26)12-11-23-20(22-2)24-17-21(9-6-10-21)19-7-4-3-5-8-19;/h3-5,7-8H,6,9-17H2,1-2H3,(H2,22,23,24);1H. The second-order valence-electron chi connectivity index (χ2n) is 7.70. The molecule has 1 saturated heterocycles. The van der Waals surface area contributed by atoms with Gasteiger partial charge >= 0.3 is 0 Å². The predicted molar refractivity (Wildman–Crippen MR) is 125 cm³/mol. The van der Waals surface area contributed by atoms with E-state index in [0.717, 1.165) is 51.8 Å². The Morgan fingerprint density at radius 1 is 1.11 bits per heavy atom. The van der Waals surface area contributed by atoms with E-state index in [1.807, 2.05) is 11.9 Å². The fourth-order valence-corrected chi connectivity index (χ4v) is 4.06. The van der Waals surface area contributed by atoms with Crippen molar-refractivity contribution < 1.29 is 4.79 Å². The molecule has 1 aromatic rings. The molecule has 2 N–H and O–H groups in total. The fourth-order valence-electron chi connectivity index (χ4n) is 4.06. The molecule has 3 rings (SSSR count). The first-order chi connectivity index (χ1) is 13.1. The summed E-state index contributed by atoms with van der Waals surface area (Å²) in [6.07, 6.45) is 3.78. The molecule has 0 unspecified atom stereocenters. The molecule has 2 aliphatic rings. The highest BCUT2D eigenvalue weighted by atomic mass is 127. The summed E-state index contributed by atoms with van der Waals surface area (Å²) in [4.78, 5) is 20.1. The Hall–Kier alpha value is -1.35. The van der Waals surface area contributed by atoms with E-state index < -0.39 is 0 Å². The molecule has 0 atom stereocenters. The number of nitrogens with one attached hydrogen (secondary N) is 2. The third kappa shape index (κ3) is 5.83. The van der Waals surface area contributed by atoms with Crippen molar-refractivity contribution in [2.24, 2.45) is 4.99 Å². The van der Waals surface area contributed by atoms with Crippen LogP contribution in [0.15, 0.2) is 35.3 Å². The number of hydrogen-bond acceptors (Lipinski definition) is 3. The van der Waals surface area contributed by atoms with E-state index in [9.17, 15) is 4.79 Å². The van der Waals surface area contributed by atoms with Gasteiger partial charge in [-0.1, -0.05) is 36.8 Å². The van der Waals surface area contributed by atoms with Gasteiger partial charge in [-0.2, -0.15) is 0 Å². The zero-order valence-corrected chi connectivity index (χ0v) is 19.4. The number of halogens is 1. The predicted octanol–water partition coefficient (Wildman–Crippen LogP) is 2.06. The first-order valence-electron chi connectivity index (χ1n) is 10.1. The molecule has 1 aliphatic heterocycles. The van der Waals surface area contributed by atoms with Gasteiger partial charge in [0.05, 0.1) is 0 Å². The smallest absolute Gasteiger partial charge is 0.219 e. The number of hydrogen-bond donors (Lipinski definition) is 2. The van der Waals surface area contributed by atoms with Gasteiger partial charge < -0.3 is 15.5 Å². The Balaban J connectivity index is 0.00000280. The molecule has 6 nitrogen and oxygen atoms in total. The molecule has 0 aromatic heterocycles. The molecule has 0 radical (unpaired) electrons. The lowest BCUT2D eigenvalue weighted by atomic mass is 9.64. The summed E-state index contributed by atoms with van der Waals surface area (Å²) in [6, 6.07) is 10.8. The molecule has 156 valence electrons. The second kappa shape index (κ2) is 11.0. The van der Waals surface area contributed by atoms with Crippen molar-refractivity contribution in [2.75, 3.05) is 52.9 Å². The van der Waals surface area contributed by atoms with E-state index in [2.05, 4.69) is 50.9 Å². The summed E-state index contributed by atoms with van der Waals surface area (Å²) in [7, 11) is 1.83. The monoisotopic (exact) mass is 499 g/mol. The second-order valence-corrected chi connectivity index (χ2v) is 7.70. The largest absolute Gasteiger partial charge is 0.356 e. The van der Waals surface area contributed by atoms with Gasteiger partial charge in [-0.05, 0) is 18.4 Å². The first kappa shape index (κ1) is 22.9. The highest BCUT2D eigenvalue weighted by Gasteiger charge is 2.38. The maximum Gasteiger partial charge on any atom is 0.219 e. The minimum absolute atomic E-state index is 0. The number of nitrogens with zero attached hydrogens (tertiary/aromatic N) is 3. The molecule has 28 heavy (non-hydrogen) atoms. The van der Waals surface area contributed by atoms with Gasteiger partial charge in [0.25, 0.3) is 0 Å². The molecule has 2 fully saturated rings. The molecule has 1 amide bonds. The highest BCUT2D eigenvalue weighted by Crippen LogP contribution is 2.43. The van der Waals surface area contributed by atoms with Crippen LogP contribution in [-0.2, 0) is 10.2 Å². The van der Waals surface area contributed by atoms with E-state index in [0.29, 0.717) is 0 Å². The van der Waals surface area contributed by atoms with Gasteiger partial charge in [0.2, 0.25) is 5.91 Å². The quantitative estimate of drug-likeness (QED) is 0.358. The lowest BCUT2D eigenvalue weighted by Gasteiger charge is -2.43. The number of carbonyl (C=O) groups is 1. The van der Waals surface area contributed by atoms with E-state index in [1.54, 1.807) is 6.92 Å². The number of rotatable bonds is 6. The molecular formula is C21H34IN5O. The maximum atomic E-state index is 11.4. The average molecular weight is 499 g/mol. The van der Waals surface area contributed by atoms with Crippen LogP contribution >= 0.6 is 24.0 Å². The zero-order valence-electron chi connectivity index (χ0n) is 17.1. The summed E-state index contributed by atoms with van der Waals surface area (Å²) >= 11 is 0. The molecule has 1 saturated carbocycles. The topological polar surface area (TPSA) is 60.0 Å². The van der Waals surface area contributed by atoms with Crippen molar-refractivity contribution in [3.63, 3.8) is 0 Å². The van der Waals surface area contributed by atoms with Crippen LogP contribution in [0.1, 0.15) is 31.7 Å².